The molecule has 1 heterocycles. The van der Waals surface area contributed by atoms with Crippen molar-refractivity contribution in [1.82, 2.24) is 15.1 Å². The number of piperazine rings is 1. The van der Waals surface area contributed by atoms with Crippen molar-refractivity contribution in [2.45, 2.75) is 6.04 Å². The molecule has 3 rings (SSSR count). The smallest absolute Gasteiger partial charge is 0.251 e. The molecule has 1 saturated heterocycles. The predicted molar refractivity (Wildman–Crippen MR) is 117 cm³/mol. The Morgan fingerprint density at radius 3 is 2.20 bits per heavy atom. The van der Waals surface area contributed by atoms with E-state index in [1.165, 1.54) is 0 Å². The van der Waals surface area contributed by atoms with Gasteiger partial charge < -0.3 is 24.4 Å². The molecule has 0 bridgehead atoms. The van der Waals surface area contributed by atoms with Crippen LogP contribution in [0.5, 0.6) is 17.2 Å². The van der Waals surface area contributed by atoms with Crippen LogP contribution in [0.15, 0.2) is 42.5 Å². The summed E-state index contributed by atoms with van der Waals surface area (Å²) < 4.78 is 15.9. The molecular weight excluding hydrogens is 382 g/mol. The Morgan fingerprint density at radius 1 is 0.933 bits per heavy atom. The topological polar surface area (TPSA) is 63.3 Å². The fraction of sp³-hybridized carbons (Fsp3) is 0.435. The molecule has 7 heteroatoms. The minimum absolute atomic E-state index is 0.0914. The third-order valence-electron chi connectivity index (χ3n) is 5.58. The third-order valence-corrected chi connectivity index (χ3v) is 5.58. The number of carbonyl (C=O) groups excluding carboxylic acids is 1. The molecule has 0 saturated carbocycles. The minimum atomic E-state index is -0.136. The number of likely N-dealkylation sites (N-methyl/N-ethyl adjacent to an activating group) is 1. The Labute approximate surface area is 178 Å². The number of amides is 1. The molecule has 162 valence electrons. The van der Waals surface area contributed by atoms with Gasteiger partial charge in [0.15, 0.2) is 11.5 Å². The van der Waals surface area contributed by atoms with Crippen LogP contribution in [0.1, 0.15) is 22.0 Å². The molecule has 0 aromatic heterocycles. The molecule has 0 spiro atoms. The van der Waals surface area contributed by atoms with Gasteiger partial charge in [-0.15, -0.1) is 0 Å². The minimum Gasteiger partial charge on any atom is -0.497 e. The lowest BCUT2D eigenvalue weighted by molar-refractivity contribution is 0.0886. The first-order chi connectivity index (χ1) is 14.5. The first-order valence-corrected chi connectivity index (χ1v) is 10.1. The van der Waals surface area contributed by atoms with Crippen LogP contribution < -0.4 is 19.5 Å². The highest BCUT2D eigenvalue weighted by Gasteiger charge is 2.25. The number of hydrogen-bond donors (Lipinski definition) is 1. The molecule has 0 aliphatic carbocycles. The second kappa shape index (κ2) is 10.3. The molecule has 7 nitrogen and oxygen atoms in total. The van der Waals surface area contributed by atoms with Crippen LogP contribution in [-0.4, -0.2) is 76.8 Å². The van der Waals surface area contributed by atoms with E-state index in [0.29, 0.717) is 23.6 Å². The van der Waals surface area contributed by atoms with E-state index in [4.69, 9.17) is 14.2 Å². The summed E-state index contributed by atoms with van der Waals surface area (Å²) in [5.41, 5.74) is 1.70. The molecule has 0 unspecified atom stereocenters. The molecule has 1 aliphatic rings. The first kappa shape index (κ1) is 21.9. The predicted octanol–water partition coefficient (Wildman–Crippen LogP) is 2.43. The van der Waals surface area contributed by atoms with Crippen molar-refractivity contribution >= 4 is 5.91 Å². The zero-order chi connectivity index (χ0) is 21.5. The third kappa shape index (κ3) is 5.23. The molecule has 1 aliphatic heterocycles. The second-order valence-electron chi connectivity index (χ2n) is 7.41. The number of methoxy groups -OCH3 is 3. The van der Waals surface area contributed by atoms with Crippen molar-refractivity contribution in [3.63, 3.8) is 0 Å². The Bertz CT molecular complexity index is 833. The fourth-order valence-electron chi connectivity index (χ4n) is 3.69. The van der Waals surface area contributed by atoms with Crippen molar-refractivity contribution < 1.29 is 19.0 Å². The summed E-state index contributed by atoms with van der Waals surface area (Å²) in [6.07, 6.45) is 0. The number of nitrogens with zero attached hydrogens (tertiary/aromatic N) is 2. The van der Waals surface area contributed by atoms with Gasteiger partial charge in [-0.1, -0.05) is 12.1 Å². The van der Waals surface area contributed by atoms with Crippen LogP contribution >= 0.6 is 0 Å². The van der Waals surface area contributed by atoms with Gasteiger partial charge in [0.05, 0.1) is 27.4 Å². The summed E-state index contributed by atoms with van der Waals surface area (Å²) in [6, 6.07) is 13.4. The lowest BCUT2D eigenvalue weighted by Gasteiger charge is -2.38. The van der Waals surface area contributed by atoms with Gasteiger partial charge in [-0.2, -0.15) is 0 Å². The average Bonchev–Trinajstić information content (AvgIpc) is 2.80. The van der Waals surface area contributed by atoms with Crippen molar-refractivity contribution in [2.75, 3.05) is 61.1 Å². The molecule has 1 fully saturated rings. The molecule has 0 radical (unpaired) electrons. The van der Waals surface area contributed by atoms with Gasteiger partial charge in [-0.25, -0.2) is 0 Å². The number of nitrogens with one attached hydrogen (secondary N) is 1. The number of carbonyl (C=O) groups is 1. The normalized spacial score (nSPS) is 16.0. The Morgan fingerprint density at radius 2 is 1.60 bits per heavy atom. The van der Waals surface area contributed by atoms with Crippen LogP contribution in [0.25, 0.3) is 0 Å². The number of ether oxygens (including phenoxy) is 3. The van der Waals surface area contributed by atoms with E-state index in [1.807, 2.05) is 12.1 Å². The zero-order valence-electron chi connectivity index (χ0n) is 18.2. The van der Waals surface area contributed by atoms with Crippen molar-refractivity contribution in [3.8, 4) is 17.2 Å². The van der Waals surface area contributed by atoms with E-state index in [-0.39, 0.29) is 11.9 Å². The van der Waals surface area contributed by atoms with E-state index in [1.54, 1.807) is 39.5 Å². The van der Waals surface area contributed by atoms with Gasteiger partial charge in [0.25, 0.3) is 5.91 Å². The number of hydrogen-bond acceptors (Lipinski definition) is 6. The maximum atomic E-state index is 12.8. The largest absolute Gasteiger partial charge is 0.497 e. The molecule has 30 heavy (non-hydrogen) atoms. The summed E-state index contributed by atoms with van der Waals surface area (Å²) in [7, 11) is 6.94. The van der Waals surface area contributed by atoms with Crippen LogP contribution in [0.4, 0.5) is 0 Å². The van der Waals surface area contributed by atoms with E-state index in [9.17, 15) is 4.79 Å². The fourth-order valence-corrected chi connectivity index (χ4v) is 3.69. The van der Waals surface area contributed by atoms with Gasteiger partial charge in [0.1, 0.15) is 5.75 Å². The van der Waals surface area contributed by atoms with Crippen LogP contribution in [0, 0.1) is 0 Å². The van der Waals surface area contributed by atoms with Gasteiger partial charge in [0, 0.05) is 38.3 Å². The highest BCUT2D eigenvalue weighted by molar-refractivity contribution is 5.94. The highest BCUT2D eigenvalue weighted by atomic mass is 16.5. The summed E-state index contributed by atoms with van der Waals surface area (Å²) in [4.78, 5) is 17.6. The van der Waals surface area contributed by atoms with E-state index < -0.39 is 0 Å². The highest BCUT2D eigenvalue weighted by Crippen LogP contribution is 2.28. The lowest BCUT2D eigenvalue weighted by Crippen LogP contribution is -2.48. The van der Waals surface area contributed by atoms with Crippen molar-refractivity contribution in [1.29, 1.82) is 0 Å². The standard InChI is InChI=1S/C23H31N3O4/c1-25-11-13-26(14-12-25)20(17-5-8-19(28-2)9-6-17)16-24-23(27)18-7-10-21(29-3)22(15-18)30-4/h5-10,15,20H,11-14,16H2,1-4H3,(H,24,27)/t20-/m0/s1. The SMILES string of the molecule is COc1ccc([C@H](CNC(=O)c2ccc(OC)c(OC)c2)N2CCN(C)CC2)cc1. The van der Waals surface area contributed by atoms with E-state index in [2.05, 4.69) is 34.3 Å². The van der Waals surface area contributed by atoms with E-state index in [0.717, 1.165) is 37.5 Å². The Hall–Kier alpha value is -2.77. The summed E-state index contributed by atoms with van der Waals surface area (Å²) in [5, 5.41) is 3.10. The maximum Gasteiger partial charge on any atom is 0.251 e. The van der Waals surface area contributed by atoms with Gasteiger partial charge in [-0.05, 0) is 42.9 Å². The average molecular weight is 414 g/mol. The Kier molecular flexibility index (Phi) is 7.54. The monoisotopic (exact) mass is 413 g/mol. The zero-order valence-corrected chi connectivity index (χ0v) is 18.2. The maximum absolute atomic E-state index is 12.8. The summed E-state index contributed by atoms with van der Waals surface area (Å²) in [5.74, 6) is 1.83. The number of benzene rings is 2. The molecule has 2 aromatic rings. The molecular formula is C23H31N3O4. The van der Waals surface area contributed by atoms with E-state index >= 15 is 0 Å². The van der Waals surface area contributed by atoms with Gasteiger partial charge >= 0.3 is 0 Å². The quantitative estimate of drug-likeness (QED) is 0.717. The number of rotatable bonds is 8. The van der Waals surface area contributed by atoms with Crippen LogP contribution in [-0.2, 0) is 0 Å². The summed E-state index contributed by atoms with van der Waals surface area (Å²) in [6.45, 7) is 4.45. The molecule has 1 atom stereocenters. The lowest BCUT2D eigenvalue weighted by atomic mass is 10.0. The molecule has 1 N–H and O–H groups in total. The van der Waals surface area contributed by atoms with Crippen molar-refractivity contribution in [2.24, 2.45) is 0 Å². The summed E-state index contributed by atoms with van der Waals surface area (Å²) >= 11 is 0. The second-order valence-corrected chi connectivity index (χ2v) is 7.41. The van der Waals surface area contributed by atoms with Crippen molar-refractivity contribution in [3.05, 3.63) is 53.6 Å². The van der Waals surface area contributed by atoms with Crippen LogP contribution in [0.3, 0.4) is 0 Å². The van der Waals surface area contributed by atoms with Crippen LogP contribution in [0.2, 0.25) is 0 Å². The first-order valence-electron chi connectivity index (χ1n) is 10.1. The molecule has 1 amide bonds. The Balaban J connectivity index is 1.74. The van der Waals surface area contributed by atoms with Gasteiger partial charge in [0.2, 0.25) is 0 Å². The molecule has 2 aromatic carbocycles. The van der Waals surface area contributed by atoms with Gasteiger partial charge in [-0.3, -0.25) is 9.69 Å².